The molecule has 136 valence electrons. The van der Waals surface area contributed by atoms with Crippen LogP contribution in [0.4, 0.5) is 15.8 Å². The molecule has 2 rings (SSSR count). The number of amides is 2. The Morgan fingerprint density at radius 3 is 2.62 bits per heavy atom. The zero-order valence-corrected chi connectivity index (χ0v) is 15.0. The van der Waals surface area contributed by atoms with E-state index in [0.717, 1.165) is 12.1 Å². The lowest BCUT2D eigenvalue weighted by Gasteiger charge is -2.08. The number of anilines is 1. The SMILES string of the molecule is CSc1ccc(C(=O)NCC(=O)Nc2ccc(F)c(Cl)c2)cc1[N+](=O)[O-]. The van der Waals surface area contributed by atoms with Gasteiger partial charge in [-0.25, -0.2) is 4.39 Å². The minimum absolute atomic E-state index is 0.0622. The number of nitro benzene ring substituents is 1. The van der Waals surface area contributed by atoms with Gasteiger partial charge < -0.3 is 10.6 Å². The highest BCUT2D eigenvalue weighted by Crippen LogP contribution is 2.28. The number of benzene rings is 2. The van der Waals surface area contributed by atoms with E-state index in [1.54, 1.807) is 6.26 Å². The smallest absolute Gasteiger partial charge is 0.283 e. The van der Waals surface area contributed by atoms with Crippen molar-refractivity contribution in [2.45, 2.75) is 4.90 Å². The predicted octanol–water partition coefficient (Wildman–Crippen LogP) is 3.48. The van der Waals surface area contributed by atoms with Gasteiger partial charge in [0.2, 0.25) is 5.91 Å². The molecule has 0 aliphatic carbocycles. The summed E-state index contributed by atoms with van der Waals surface area (Å²) in [6, 6.07) is 7.72. The maximum atomic E-state index is 13.1. The van der Waals surface area contributed by atoms with E-state index in [0.29, 0.717) is 4.90 Å². The second kappa shape index (κ2) is 8.63. The highest BCUT2D eigenvalue weighted by atomic mass is 35.5. The Kier molecular flexibility index (Phi) is 6.53. The fraction of sp³-hybridized carbons (Fsp3) is 0.125. The lowest BCUT2D eigenvalue weighted by Crippen LogP contribution is -2.32. The lowest BCUT2D eigenvalue weighted by atomic mass is 10.2. The Balaban J connectivity index is 1.99. The Bertz CT molecular complexity index is 879. The van der Waals surface area contributed by atoms with Crippen molar-refractivity contribution in [2.75, 3.05) is 18.1 Å². The second-order valence-electron chi connectivity index (χ2n) is 5.00. The first-order valence-electron chi connectivity index (χ1n) is 7.17. The molecule has 0 saturated carbocycles. The Hall–Kier alpha value is -2.65. The molecule has 2 aromatic rings. The van der Waals surface area contributed by atoms with E-state index < -0.39 is 22.6 Å². The average Bonchev–Trinajstić information content (AvgIpc) is 2.62. The summed E-state index contributed by atoms with van der Waals surface area (Å²) in [4.78, 5) is 34.8. The van der Waals surface area contributed by atoms with Gasteiger partial charge in [-0.2, -0.15) is 0 Å². The van der Waals surface area contributed by atoms with Crippen molar-refractivity contribution in [3.8, 4) is 0 Å². The number of carbonyl (C=O) groups is 2. The standard InChI is InChI=1S/C16H13ClFN3O4S/c1-26-14-5-2-9(6-13(14)21(24)25)16(23)19-8-15(22)20-10-3-4-12(18)11(17)7-10/h2-7H,8H2,1H3,(H,19,23)(H,20,22). The summed E-state index contributed by atoms with van der Waals surface area (Å²) in [5.74, 6) is -1.81. The van der Waals surface area contributed by atoms with Gasteiger partial charge in [-0.3, -0.25) is 19.7 Å². The van der Waals surface area contributed by atoms with Crippen molar-refractivity contribution in [2.24, 2.45) is 0 Å². The molecule has 0 aliphatic rings. The number of rotatable bonds is 6. The van der Waals surface area contributed by atoms with Crippen molar-refractivity contribution in [3.63, 3.8) is 0 Å². The number of nitrogens with zero attached hydrogens (tertiary/aromatic N) is 1. The first kappa shape index (κ1) is 19.7. The number of halogens is 2. The normalized spacial score (nSPS) is 10.3. The van der Waals surface area contributed by atoms with Gasteiger partial charge in [-0.15, -0.1) is 11.8 Å². The highest BCUT2D eigenvalue weighted by Gasteiger charge is 2.17. The van der Waals surface area contributed by atoms with E-state index in [2.05, 4.69) is 10.6 Å². The van der Waals surface area contributed by atoms with Crippen LogP contribution in [-0.2, 0) is 4.79 Å². The molecular formula is C16H13ClFN3O4S. The van der Waals surface area contributed by atoms with Crippen LogP contribution in [0.25, 0.3) is 0 Å². The van der Waals surface area contributed by atoms with Crippen LogP contribution in [0.2, 0.25) is 5.02 Å². The van der Waals surface area contributed by atoms with Gasteiger partial charge in [0.25, 0.3) is 11.6 Å². The molecule has 0 aliphatic heterocycles. The van der Waals surface area contributed by atoms with Gasteiger partial charge >= 0.3 is 0 Å². The first-order valence-corrected chi connectivity index (χ1v) is 8.77. The third-order valence-electron chi connectivity index (χ3n) is 3.25. The lowest BCUT2D eigenvalue weighted by molar-refractivity contribution is -0.387. The van der Waals surface area contributed by atoms with Crippen LogP contribution in [0.5, 0.6) is 0 Å². The van der Waals surface area contributed by atoms with Gasteiger partial charge in [0.15, 0.2) is 0 Å². The largest absolute Gasteiger partial charge is 0.343 e. The fourth-order valence-corrected chi connectivity index (χ4v) is 2.74. The summed E-state index contributed by atoms with van der Waals surface area (Å²) in [6.45, 7) is -0.369. The molecule has 0 saturated heterocycles. The number of hydrogen-bond donors (Lipinski definition) is 2. The predicted molar refractivity (Wildman–Crippen MR) is 97.3 cm³/mol. The van der Waals surface area contributed by atoms with Crippen molar-refractivity contribution < 1.29 is 18.9 Å². The molecule has 10 heteroatoms. The van der Waals surface area contributed by atoms with Gasteiger partial charge in [0, 0.05) is 17.3 Å². The van der Waals surface area contributed by atoms with E-state index in [-0.39, 0.29) is 28.5 Å². The Morgan fingerprint density at radius 2 is 2.00 bits per heavy atom. The fourth-order valence-electron chi connectivity index (χ4n) is 2.02. The van der Waals surface area contributed by atoms with Crippen molar-refractivity contribution in [3.05, 3.63) is 62.9 Å². The summed E-state index contributed by atoms with van der Waals surface area (Å²) in [6.07, 6.45) is 1.69. The molecule has 0 heterocycles. The third kappa shape index (κ3) is 4.93. The first-order chi connectivity index (χ1) is 12.3. The zero-order chi connectivity index (χ0) is 19.3. The molecule has 0 atom stereocenters. The van der Waals surface area contributed by atoms with Crippen LogP contribution in [0.15, 0.2) is 41.3 Å². The topological polar surface area (TPSA) is 101 Å². The summed E-state index contributed by atoms with van der Waals surface area (Å²) >= 11 is 6.81. The highest BCUT2D eigenvalue weighted by molar-refractivity contribution is 7.98. The van der Waals surface area contributed by atoms with Crippen LogP contribution >= 0.6 is 23.4 Å². The number of hydrogen-bond acceptors (Lipinski definition) is 5. The van der Waals surface area contributed by atoms with E-state index in [1.165, 1.54) is 36.0 Å². The molecule has 7 nitrogen and oxygen atoms in total. The van der Waals surface area contributed by atoms with E-state index >= 15 is 0 Å². The minimum Gasteiger partial charge on any atom is -0.343 e. The summed E-state index contributed by atoms with van der Waals surface area (Å²) in [5.41, 5.74) is 0.151. The van der Waals surface area contributed by atoms with Gasteiger partial charge in [0.05, 0.1) is 21.4 Å². The van der Waals surface area contributed by atoms with Crippen LogP contribution < -0.4 is 10.6 Å². The van der Waals surface area contributed by atoms with Gasteiger partial charge in [-0.05, 0) is 36.6 Å². The second-order valence-corrected chi connectivity index (χ2v) is 6.26. The molecule has 2 N–H and O–H groups in total. The number of thioether (sulfide) groups is 1. The van der Waals surface area contributed by atoms with E-state index in [4.69, 9.17) is 11.6 Å². The van der Waals surface area contributed by atoms with Gasteiger partial charge in [-0.1, -0.05) is 11.6 Å². The number of nitrogens with one attached hydrogen (secondary N) is 2. The van der Waals surface area contributed by atoms with Crippen LogP contribution in [0.3, 0.4) is 0 Å². The molecule has 0 spiro atoms. The average molecular weight is 398 g/mol. The monoisotopic (exact) mass is 397 g/mol. The maximum Gasteiger partial charge on any atom is 0.283 e. The zero-order valence-electron chi connectivity index (χ0n) is 13.4. The summed E-state index contributed by atoms with van der Waals surface area (Å²) in [5, 5.41) is 15.7. The maximum absolute atomic E-state index is 13.1. The number of nitro groups is 1. The molecule has 2 amide bonds. The summed E-state index contributed by atoms with van der Waals surface area (Å²) < 4.78 is 13.1. The van der Waals surface area contributed by atoms with E-state index in [1.807, 2.05) is 0 Å². The molecule has 0 fully saturated rings. The van der Waals surface area contributed by atoms with Crippen LogP contribution in [-0.4, -0.2) is 29.5 Å². The van der Waals surface area contributed by atoms with Crippen LogP contribution in [0.1, 0.15) is 10.4 Å². The quantitative estimate of drug-likeness (QED) is 0.441. The third-order valence-corrected chi connectivity index (χ3v) is 4.33. The van der Waals surface area contributed by atoms with E-state index in [9.17, 15) is 24.1 Å². The number of carbonyl (C=O) groups excluding carboxylic acids is 2. The van der Waals surface area contributed by atoms with Crippen molar-refractivity contribution in [1.82, 2.24) is 5.32 Å². The van der Waals surface area contributed by atoms with Crippen LogP contribution in [0, 0.1) is 15.9 Å². The Labute approximate surface area is 157 Å². The molecule has 26 heavy (non-hydrogen) atoms. The van der Waals surface area contributed by atoms with Crippen molar-refractivity contribution >= 4 is 46.6 Å². The molecule has 0 unspecified atom stereocenters. The molecule has 2 aromatic carbocycles. The summed E-state index contributed by atoms with van der Waals surface area (Å²) in [7, 11) is 0. The molecule has 0 bridgehead atoms. The Morgan fingerprint density at radius 1 is 1.27 bits per heavy atom. The molecule has 0 aromatic heterocycles. The molecule has 0 radical (unpaired) electrons. The molecular weight excluding hydrogens is 385 g/mol. The van der Waals surface area contributed by atoms with Gasteiger partial charge in [0.1, 0.15) is 5.82 Å². The van der Waals surface area contributed by atoms with Crippen molar-refractivity contribution in [1.29, 1.82) is 0 Å². The minimum atomic E-state index is -0.631.